The lowest BCUT2D eigenvalue weighted by Gasteiger charge is -2.27. The van der Waals surface area contributed by atoms with E-state index in [1.165, 1.54) is 0 Å². The van der Waals surface area contributed by atoms with Gasteiger partial charge in [-0.3, -0.25) is 14.4 Å². The van der Waals surface area contributed by atoms with Crippen LogP contribution in [0.15, 0.2) is 0 Å². The molecule has 2 unspecified atom stereocenters. The van der Waals surface area contributed by atoms with Gasteiger partial charge in [0.25, 0.3) is 0 Å². The predicted molar refractivity (Wildman–Crippen MR) is 55.4 cm³/mol. The fourth-order valence-electron chi connectivity index (χ4n) is 1.41. The topological polar surface area (TPSA) is 127 Å². The molecule has 2 N–H and O–H groups in total. The number of carbonyl (C=O) groups excluding carboxylic acids is 3. The zero-order valence-corrected chi connectivity index (χ0v) is 10.1. The molecule has 0 aromatic carbocycles. The minimum absolute atomic E-state index is 0.909. The van der Waals surface area contributed by atoms with Crippen LogP contribution < -0.4 is 0 Å². The zero-order valence-electron chi connectivity index (χ0n) is 10.1. The molecule has 0 saturated heterocycles. The zero-order chi connectivity index (χ0) is 14.5. The molecule has 0 radical (unpaired) electrons. The molecule has 0 aliphatic carbocycles. The highest BCUT2D eigenvalue weighted by Gasteiger charge is 2.53. The first-order valence-corrected chi connectivity index (χ1v) is 4.81. The van der Waals surface area contributed by atoms with Crippen molar-refractivity contribution in [3.63, 3.8) is 0 Å². The third-order valence-corrected chi connectivity index (χ3v) is 2.33. The Kier molecular flexibility index (Phi) is 5.44. The molecule has 0 heterocycles. The summed E-state index contributed by atoms with van der Waals surface area (Å²) in [7, 11) is 1.91. The van der Waals surface area contributed by atoms with Crippen molar-refractivity contribution in [2.24, 2.45) is 5.92 Å². The van der Waals surface area contributed by atoms with Crippen molar-refractivity contribution in [3.05, 3.63) is 0 Å². The number of rotatable bonds is 6. The number of ether oxygens (including phenoxy) is 2. The molecule has 0 aromatic rings. The van der Waals surface area contributed by atoms with Crippen LogP contribution in [0.3, 0.4) is 0 Å². The molecule has 0 rings (SSSR count). The summed E-state index contributed by atoms with van der Waals surface area (Å²) in [5.74, 6) is -7.14. The summed E-state index contributed by atoms with van der Waals surface area (Å²) in [4.78, 5) is 44.7. The van der Waals surface area contributed by atoms with Gasteiger partial charge in [0.1, 0.15) is 5.78 Å². The fraction of sp³-hybridized carbons (Fsp3) is 0.600. The highest BCUT2D eigenvalue weighted by molar-refractivity contribution is 6.05. The summed E-state index contributed by atoms with van der Waals surface area (Å²) in [6.45, 7) is 0.909. The SMILES string of the molecule is COC(=O)CC(O)(C(=O)O)C(C(C)=O)C(=O)OC. The maximum absolute atomic E-state index is 11.4. The predicted octanol–water partition coefficient (Wildman–Crippen LogP) is -1.26. The van der Waals surface area contributed by atoms with E-state index in [2.05, 4.69) is 9.47 Å². The number of esters is 2. The summed E-state index contributed by atoms with van der Waals surface area (Å²) in [6, 6.07) is 0. The van der Waals surface area contributed by atoms with Gasteiger partial charge >= 0.3 is 17.9 Å². The van der Waals surface area contributed by atoms with E-state index in [-0.39, 0.29) is 0 Å². The van der Waals surface area contributed by atoms with Crippen LogP contribution in [0.2, 0.25) is 0 Å². The number of hydrogen-bond donors (Lipinski definition) is 2. The van der Waals surface area contributed by atoms with Gasteiger partial charge in [0.05, 0.1) is 20.6 Å². The van der Waals surface area contributed by atoms with Gasteiger partial charge in [-0.25, -0.2) is 4.79 Å². The van der Waals surface area contributed by atoms with Crippen LogP contribution in [0.25, 0.3) is 0 Å². The van der Waals surface area contributed by atoms with Crippen molar-refractivity contribution in [2.45, 2.75) is 18.9 Å². The number of Topliss-reactive ketones (excluding diaryl/α,β-unsaturated/α-hetero) is 1. The first kappa shape index (κ1) is 16.0. The Bertz CT molecular complexity index is 374. The molecule has 8 nitrogen and oxygen atoms in total. The molecule has 8 heteroatoms. The second kappa shape index (κ2) is 6.10. The van der Waals surface area contributed by atoms with Crippen LogP contribution in [-0.2, 0) is 28.7 Å². The summed E-state index contributed by atoms with van der Waals surface area (Å²) in [5.41, 5.74) is -2.90. The summed E-state index contributed by atoms with van der Waals surface area (Å²) >= 11 is 0. The average molecular weight is 262 g/mol. The van der Waals surface area contributed by atoms with Crippen LogP contribution in [0.4, 0.5) is 0 Å². The van der Waals surface area contributed by atoms with Crippen LogP contribution >= 0.6 is 0 Å². The number of aliphatic carboxylic acids is 1. The average Bonchev–Trinajstić information content (AvgIpc) is 2.27. The molecule has 0 bridgehead atoms. The van der Waals surface area contributed by atoms with E-state index >= 15 is 0 Å². The quantitative estimate of drug-likeness (QED) is 0.448. The van der Waals surface area contributed by atoms with Crippen molar-refractivity contribution in [1.82, 2.24) is 0 Å². The van der Waals surface area contributed by atoms with Crippen molar-refractivity contribution < 1.29 is 38.9 Å². The molecule has 0 fully saturated rings. The molecule has 102 valence electrons. The molecule has 0 aliphatic rings. The van der Waals surface area contributed by atoms with E-state index in [1.54, 1.807) is 0 Å². The van der Waals surface area contributed by atoms with E-state index in [0.29, 0.717) is 0 Å². The van der Waals surface area contributed by atoms with Gasteiger partial charge in [-0.05, 0) is 6.92 Å². The lowest BCUT2D eigenvalue weighted by Crippen LogP contribution is -2.53. The minimum Gasteiger partial charge on any atom is -0.479 e. The van der Waals surface area contributed by atoms with Gasteiger partial charge in [0.15, 0.2) is 11.5 Å². The Morgan fingerprint density at radius 2 is 1.67 bits per heavy atom. The molecule has 0 aromatic heterocycles. The molecule has 0 aliphatic heterocycles. The third kappa shape index (κ3) is 3.27. The molecular weight excluding hydrogens is 248 g/mol. The Morgan fingerprint density at radius 3 is 1.94 bits per heavy atom. The number of hydrogen-bond acceptors (Lipinski definition) is 7. The normalized spacial score (nSPS) is 15.1. The second-order valence-electron chi connectivity index (χ2n) is 3.55. The lowest BCUT2D eigenvalue weighted by molar-refractivity contribution is -0.182. The van der Waals surface area contributed by atoms with E-state index in [1.807, 2.05) is 0 Å². The van der Waals surface area contributed by atoms with E-state index in [4.69, 9.17) is 5.11 Å². The number of aliphatic hydroxyl groups is 1. The van der Waals surface area contributed by atoms with E-state index in [0.717, 1.165) is 21.1 Å². The van der Waals surface area contributed by atoms with Crippen molar-refractivity contribution in [1.29, 1.82) is 0 Å². The Balaban J connectivity index is 5.53. The number of methoxy groups -OCH3 is 2. The first-order chi connectivity index (χ1) is 8.20. The first-order valence-electron chi connectivity index (χ1n) is 4.81. The van der Waals surface area contributed by atoms with Gasteiger partial charge < -0.3 is 19.7 Å². The van der Waals surface area contributed by atoms with Gasteiger partial charge in [0.2, 0.25) is 0 Å². The van der Waals surface area contributed by atoms with Crippen molar-refractivity contribution >= 4 is 23.7 Å². The van der Waals surface area contributed by atoms with E-state index < -0.39 is 41.6 Å². The molecule has 0 spiro atoms. The van der Waals surface area contributed by atoms with Crippen molar-refractivity contribution in [3.8, 4) is 0 Å². The Hall–Kier alpha value is -1.96. The third-order valence-electron chi connectivity index (χ3n) is 2.33. The largest absolute Gasteiger partial charge is 0.479 e. The maximum atomic E-state index is 11.4. The number of carboxylic acid groups (broad SMARTS) is 1. The molecule has 0 amide bonds. The van der Waals surface area contributed by atoms with Gasteiger partial charge in [-0.1, -0.05) is 0 Å². The molecule has 0 saturated carbocycles. The standard InChI is InChI=1S/C10H14O8/c1-5(11)7(8(13)18-3)10(16,9(14)15)4-6(12)17-2/h7,16H,4H2,1-3H3,(H,14,15). The smallest absolute Gasteiger partial charge is 0.337 e. The van der Waals surface area contributed by atoms with Gasteiger partial charge in [-0.2, -0.15) is 0 Å². The molecule has 2 atom stereocenters. The molecule has 18 heavy (non-hydrogen) atoms. The number of ketones is 1. The van der Waals surface area contributed by atoms with Crippen LogP contribution in [0, 0.1) is 5.92 Å². The van der Waals surface area contributed by atoms with Gasteiger partial charge in [-0.15, -0.1) is 0 Å². The summed E-state index contributed by atoms with van der Waals surface area (Å²) in [6.07, 6.45) is -1.04. The number of carboxylic acids is 1. The van der Waals surface area contributed by atoms with Crippen LogP contribution in [-0.4, -0.2) is 53.7 Å². The van der Waals surface area contributed by atoms with Gasteiger partial charge in [0, 0.05) is 0 Å². The van der Waals surface area contributed by atoms with E-state index in [9.17, 15) is 24.3 Å². The Labute approximate surface area is 102 Å². The van der Waals surface area contributed by atoms with Crippen LogP contribution in [0.5, 0.6) is 0 Å². The second-order valence-corrected chi connectivity index (χ2v) is 3.55. The summed E-state index contributed by atoms with van der Waals surface area (Å²) in [5, 5.41) is 18.8. The maximum Gasteiger partial charge on any atom is 0.337 e. The highest BCUT2D eigenvalue weighted by Crippen LogP contribution is 2.25. The van der Waals surface area contributed by atoms with Crippen molar-refractivity contribution in [2.75, 3.05) is 14.2 Å². The summed E-state index contributed by atoms with van der Waals surface area (Å²) < 4.78 is 8.46. The monoisotopic (exact) mass is 262 g/mol. The minimum atomic E-state index is -2.90. The number of carbonyl (C=O) groups is 4. The van der Waals surface area contributed by atoms with Crippen LogP contribution in [0.1, 0.15) is 13.3 Å². The fourth-order valence-corrected chi connectivity index (χ4v) is 1.41. The molecular formula is C10H14O8. The Morgan fingerprint density at radius 1 is 1.17 bits per heavy atom. The lowest BCUT2D eigenvalue weighted by atomic mass is 9.82. The highest BCUT2D eigenvalue weighted by atomic mass is 16.5.